The van der Waals surface area contributed by atoms with Crippen molar-refractivity contribution in [3.8, 4) is 0 Å². The standard InChI is InChI=1S/C85H140O5/c1-3-5-7-9-11-13-15-17-19-21-23-25-27-29-31-33-35-37-39-41-42-44-45-47-49-51-53-55-57-59-61-63-65-67-69-71-73-75-77-79-84(87)89-82-83(81-86)90-85(88)80-78-76-74-72-70-68-66-64-62-60-58-56-54-52-50-48-46-43-40-38-36-34-32-30-28-26-24-22-20-18-16-14-12-10-8-6-4-2/h5-8,11-14,17-20,23-26,29-32,36,38,43,46,50,52,56,58,83,86H,3-4,9-10,15-16,21-22,27-28,33-35,37,39-42,44-45,47-49,51,53-55,57,59-82H2,1-2H3/b7-5-,8-6-,13-11-,14-12-,19-17-,20-18-,25-23-,26-24-,31-29-,32-30-,38-36-,46-43-,52-50-,58-56-. The number of allylic oxidation sites excluding steroid dienone is 28. The van der Waals surface area contributed by atoms with Gasteiger partial charge in [-0.25, -0.2) is 0 Å². The summed E-state index contributed by atoms with van der Waals surface area (Å²) in [6, 6.07) is 0. The Morgan fingerprint density at radius 3 is 0.667 bits per heavy atom. The number of hydrogen-bond donors (Lipinski definition) is 1. The first kappa shape index (κ1) is 85.3. The van der Waals surface area contributed by atoms with Crippen LogP contribution < -0.4 is 0 Å². The number of ether oxygens (including phenoxy) is 2. The van der Waals surface area contributed by atoms with Crippen molar-refractivity contribution in [1.29, 1.82) is 0 Å². The first-order valence-corrected chi connectivity index (χ1v) is 37.7. The largest absolute Gasteiger partial charge is 0.462 e. The molecule has 1 N–H and O–H groups in total. The quantitative estimate of drug-likeness (QED) is 0.0373. The molecule has 0 amide bonds. The number of aliphatic hydroxyl groups excluding tert-OH is 1. The normalized spacial score (nSPS) is 13.2. The first-order valence-electron chi connectivity index (χ1n) is 37.7. The van der Waals surface area contributed by atoms with Gasteiger partial charge in [-0.2, -0.15) is 0 Å². The van der Waals surface area contributed by atoms with Crippen molar-refractivity contribution in [3.05, 3.63) is 170 Å². The van der Waals surface area contributed by atoms with Crippen LogP contribution >= 0.6 is 0 Å². The van der Waals surface area contributed by atoms with E-state index in [1.165, 1.54) is 173 Å². The molecule has 0 aromatic carbocycles. The van der Waals surface area contributed by atoms with Gasteiger partial charge < -0.3 is 14.6 Å². The topological polar surface area (TPSA) is 72.8 Å². The lowest BCUT2D eigenvalue weighted by atomic mass is 10.0. The molecule has 0 saturated heterocycles. The minimum absolute atomic E-state index is 0.0734. The van der Waals surface area contributed by atoms with Crippen LogP contribution in [-0.4, -0.2) is 36.4 Å². The summed E-state index contributed by atoms with van der Waals surface area (Å²) in [5.41, 5.74) is 0. The van der Waals surface area contributed by atoms with Crippen molar-refractivity contribution in [1.82, 2.24) is 0 Å². The second kappa shape index (κ2) is 78.5. The highest BCUT2D eigenvalue weighted by Gasteiger charge is 2.16. The van der Waals surface area contributed by atoms with E-state index < -0.39 is 6.10 Å². The van der Waals surface area contributed by atoms with Crippen LogP contribution in [0.4, 0.5) is 0 Å². The van der Waals surface area contributed by atoms with Gasteiger partial charge in [0.25, 0.3) is 0 Å². The zero-order valence-corrected chi connectivity index (χ0v) is 58.6. The molecule has 0 aromatic rings. The van der Waals surface area contributed by atoms with Crippen LogP contribution in [0.3, 0.4) is 0 Å². The molecule has 0 heterocycles. The lowest BCUT2D eigenvalue weighted by Gasteiger charge is -2.15. The van der Waals surface area contributed by atoms with Crippen LogP contribution in [0.1, 0.15) is 335 Å². The molecule has 0 rings (SSSR count). The minimum atomic E-state index is -0.786. The average Bonchev–Trinajstić information content (AvgIpc) is 3.62. The van der Waals surface area contributed by atoms with Gasteiger partial charge in [-0.05, 0) is 128 Å². The Balaban J connectivity index is 3.50. The van der Waals surface area contributed by atoms with Crippen molar-refractivity contribution < 1.29 is 24.2 Å². The summed E-state index contributed by atoms with van der Waals surface area (Å²) in [7, 11) is 0. The molecule has 0 bridgehead atoms. The fourth-order valence-electron chi connectivity index (χ4n) is 10.5. The molecule has 5 nitrogen and oxygen atoms in total. The van der Waals surface area contributed by atoms with Gasteiger partial charge in [0, 0.05) is 12.8 Å². The van der Waals surface area contributed by atoms with E-state index in [1.807, 2.05) is 0 Å². The van der Waals surface area contributed by atoms with Gasteiger partial charge in [0.1, 0.15) is 6.61 Å². The van der Waals surface area contributed by atoms with Crippen molar-refractivity contribution >= 4 is 11.9 Å². The highest BCUT2D eigenvalue weighted by Crippen LogP contribution is 2.18. The van der Waals surface area contributed by atoms with Crippen LogP contribution in [-0.2, 0) is 19.1 Å². The van der Waals surface area contributed by atoms with E-state index in [0.717, 1.165) is 135 Å². The van der Waals surface area contributed by atoms with Crippen molar-refractivity contribution in [2.45, 2.75) is 341 Å². The molecule has 0 aliphatic rings. The maximum absolute atomic E-state index is 12.4. The van der Waals surface area contributed by atoms with Crippen molar-refractivity contribution in [3.63, 3.8) is 0 Å². The third-order valence-electron chi connectivity index (χ3n) is 16.0. The van der Waals surface area contributed by atoms with Crippen molar-refractivity contribution in [2.24, 2.45) is 0 Å². The number of esters is 2. The van der Waals surface area contributed by atoms with Gasteiger partial charge in [-0.3, -0.25) is 9.59 Å². The highest BCUT2D eigenvalue weighted by molar-refractivity contribution is 5.70. The predicted molar refractivity (Wildman–Crippen MR) is 398 cm³/mol. The van der Waals surface area contributed by atoms with Gasteiger partial charge in [-0.15, -0.1) is 0 Å². The molecule has 0 saturated carbocycles. The van der Waals surface area contributed by atoms with E-state index in [-0.39, 0.29) is 25.2 Å². The van der Waals surface area contributed by atoms with Crippen LogP contribution in [0.5, 0.6) is 0 Å². The Morgan fingerprint density at radius 2 is 0.444 bits per heavy atom. The summed E-state index contributed by atoms with van der Waals surface area (Å²) in [6.07, 6.45) is 121. The zero-order valence-electron chi connectivity index (χ0n) is 58.6. The number of aliphatic hydroxyl groups is 1. The average molecular weight is 1240 g/mol. The number of rotatable bonds is 68. The van der Waals surface area contributed by atoms with Crippen LogP contribution in [0, 0.1) is 0 Å². The van der Waals surface area contributed by atoms with Gasteiger partial charge in [0.15, 0.2) is 6.10 Å². The Morgan fingerprint density at radius 1 is 0.256 bits per heavy atom. The molecule has 1 atom stereocenters. The minimum Gasteiger partial charge on any atom is -0.462 e. The molecule has 1 unspecified atom stereocenters. The number of carbonyl (C=O) groups excluding carboxylic acids is 2. The molecule has 5 heteroatoms. The Bertz CT molecular complexity index is 1940. The van der Waals surface area contributed by atoms with E-state index in [9.17, 15) is 14.7 Å². The van der Waals surface area contributed by atoms with E-state index in [1.54, 1.807) is 0 Å². The van der Waals surface area contributed by atoms with Crippen molar-refractivity contribution in [2.75, 3.05) is 13.2 Å². The fourth-order valence-corrected chi connectivity index (χ4v) is 10.5. The van der Waals surface area contributed by atoms with E-state index in [0.29, 0.717) is 12.8 Å². The molecule has 90 heavy (non-hydrogen) atoms. The van der Waals surface area contributed by atoms with E-state index in [2.05, 4.69) is 184 Å². The third-order valence-corrected chi connectivity index (χ3v) is 16.0. The summed E-state index contributed by atoms with van der Waals surface area (Å²) in [5.74, 6) is -0.594. The third kappa shape index (κ3) is 75.7. The number of unbranched alkanes of at least 4 members (excludes halogenated alkanes) is 32. The smallest absolute Gasteiger partial charge is 0.306 e. The summed E-state index contributed by atoms with van der Waals surface area (Å²) in [6.45, 7) is 3.93. The summed E-state index contributed by atoms with van der Waals surface area (Å²) < 4.78 is 10.8. The summed E-state index contributed by atoms with van der Waals surface area (Å²) >= 11 is 0. The van der Waals surface area contributed by atoms with Gasteiger partial charge in [0.2, 0.25) is 0 Å². The van der Waals surface area contributed by atoms with Gasteiger partial charge >= 0.3 is 11.9 Å². The molecule has 0 fully saturated rings. The Hall–Kier alpha value is -4.74. The predicted octanol–water partition coefficient (Wildman–Crippen LogP) is 26.8. The van der Waals surface area contributed by atoms with Crippen LogP contribution in [0.25, 0.3) is 0 Å². The summed E-state index contributed by atoms with van der Waals surface area (Å²) in [4.78, 5) is 24.7. The second-order valence-electron chi connectivity index (χ2n) is 24.6. The first-order chi connectivity index (χ1) is 44.6. The highest BCUT2D eigenvalue weighted by atomic mass is 16.6. The Kier molecular flexibility index (Phi) is 74.4. The maximum Gasteiger partial charge on any atom is 0.306 e. The number of carbonyl (C=O) groups is 2. The summed E-state index contributed by atoms with van der Waals surface area (Å²) in [5, 5.41) is 9.72. The van der Waals surface area contributed by atoms with Gasteiger partial charge in [-0.1, -0.05) is 364 Å². The molecule has 510 valence electrons. The fraction of sp³-hybridized carbons (Fsp3) is 0.647. The maximum atomic E-state index is 12.4. The zero-order chi connectivity index (χ0) is 64.7. The molecular formula is C85H140O5. The van der Waals surface area contributed by atoms with Crippen LogP contribution in [0.2, 0.25) is 0 Å². The molecule has 0 aliphatic carbocycles. The molecule has 0 radical (unpaired) electrons. The van der Waals surface area contributed by atoms with Gasteiger partial charge in [0.05, 0.1) is 6.61 Å². The Labute approximate surface area is 557 Å². The SMILES string of the molecule is CC/C=C\C/C=C\C/C=C\C/C=C\C/C=C\C/C=C\C/C=C\C/C=C\C/C=C\CCCCCCCCCCCC(=O)OC(CO)COC(=O)CCCCCCCCCCCCCCCCCCCCCCCCC/C=C\C/C=C\C/C=C\C/C=C\C/C=C\CC. The molecule has 0 aliphatic heterocycles. The lowest BCUT2D eigenvalue weighted by Crippen LogP contribution is -2.28. The van der Waals surface area contributed by atoms with Crippen LogP contribution in [0.15, 0.2) is 170 Å². The monoisotopic (exact) mass is 1240 g/mol. The molecule has 0 spiro atoms. The number of hydrogen-bond acceptors (Lipinski definition) is 5. The molecular weight excluding hydrogens is 1100 g/mol. The van der Waals surface area contributed by atoms with E-state index >= 15 is 0 Å². The lowest BCUT2D eigenvalue weighted by molar-refractivity contribution is -0.161. The second-order valence-corrected chi connectivity index (χ2v) is 24.6. The molecule has 0 aromatic heterocycles. The van der Waals surface area contributed by atoms with E-state index in [4.69, 9.17) is 9.47 Å².